The minimum Gasteiger partial charge on any atom is -0.360 e. The number of rotatable bonds is 7. The Kier molecular flexibility index (Phi) is 6.80. The van der Waals surface area contributed by atoms with Crippen molar-refractivity contribution >= 4 is 29.4 Å². The molecule has 144 valence electrons. The smallest absolute Gasteiger partial charge is 0.257 e. The third kappa shape index (κ3) is 5.95. The Morgan fingerprint density at radius 3 is 2.68 bits per heavy atom. The van der Waals surface area contributed by atoms with Gasteiger partial charge in [-0.25, -0.2) is 0 Å². The maximum absolute atomic E-state index is 12.2. The first-order chi connectivity index (χ1) is 13.6. The van der Waals surface area contributed by atoms with Gasteiger partial charge in [0.2, 0.25) is 5.91 Å². The number of aryl methyl sites for hydroxylation is 1. The van der Waals surface area contributed by atoms with Gasteiger partial charge in [-0.15, -0.1) is 11.8 Å². The highest BCUT2D eigenvalue weighted by atomic mass is 32.2. The van der Waals surface area contributed by atoms with Crippen LogP contribution in [0, 0.1) is 6.92 Å². The molecule has 0 bridgehead atoms. The van der Waals surface area contributed by atoms with Gasteiger partial charge in [-0.2, -0.15) is 4.99 Å². The SMILES string of the molecule is Cc1cc(NC(=O)CSCC(=O)N=c2ccccn2Cc2ccccc2)no1. The molecule has 8 heteroatoms. The molecule has 3 rings (SSSR count). The van der Waals surface area contributed by atoms with Crippen molar-refractivity contribution in [3.63, 3.8) is 0 Å². The standard InChI is InChI=1S/C20H20N4O3S/c1-15-11-17(23-27-15)21-19(25)13-28-14-20(26)22-18-9-5-6-10-24(18)12-16-7-3-2-4-8-16/h2-11H,12-14H2,1H3,(H,21,23,25). The summed E-state index contributed by atoms with van der Waals surface area (Å²) in [6, 6.07) is 17.1. The van der Waals surface area contributed by atoms with Gasteiger partial charge in [0.1, 0.15) is 11.2 Å². The summed E-state index contributed by atoms with van der Waals surface area (Å²) in [5, 5.41) is 6.31. The topological polar surface area (TPSA) is 89.5 Å². The number of aromatic nitrogens is 2. The average Bonchev–Trinajstić information content (AvgIpc) is 3.09. The molecule has 2 amide bonds. The van der Waals surface area contributed by atoms with Crippen LogP contribution in [0.3, 0.4) is 0 Å². The van der Waals surface area contributed by atoms with Crippen LogP contribution in [-0.2, 0) is 16.1 Å². The summed E-state index contributed by atoms with van der Waals surface area (Å²) in [5.74, 6) is 0.694. The lowest BCUT2D eigenvalue weighted by molar-refractivity contribution is -0.115. The lowest BCUT2D eigenvalue weighted by Crippen LogP contribution is -2.22. The van der Waals surface area contributed by atoms with Crippen LogP contribution in [-0.4, -0.2) is 33.0 Å². The molecule has 0 spiro atoms. The summed E-state index contributed by atoms with van der Waals surface area (Å²) >= 11 is 1.20. The molecule has 0 atom stereocenters. The number of anilines is 1. The van der Waals surface area contributed by atoms with Crippen LogP contribution in [0.5, 0.6) is 0 Å². The Balaban J connectivity index is 1.55. The molecule has 0 aliphatic rings. The van der Waals surface area contributed by atoms with E-state index in [2.05, 4.69) is 15.5 Å². The van der Waals surface area contributed by atoms with Crippen LogP contribution in [0.2, 0.25) is 0 Å². The Labute approximate surface area is 166 Å². The zero-order valence-corrected chi connectivity index (χ0v) is 16.2. The van der Waals surface area contributed by atoms with Gasteiger partial charge in [0.15, 0.2) is 5.82 Å². The fourth-order valence-electron chi connectivity index (χ4n) is 2.48. The van der Waals surface area contributed by atoms with E-state index in [-0.39, 0.29) is 23.3 Å². The Bertz CT molecular complexity index is 1010. The van der Waals surface area contributed by atoms with E-state index in [0.717, 1.165) is 5.56 Å². The zero-order chi connectivity index (χ0) is 19.8. The van der Waals surface area contributed by atoms with Crippen molar-refractivity contribution in [1.82, 2.24) is 9.72 Å². The van der Waals surface area contributed by atoms with E-state index in [9.17, 15) is 9.59 Å². The lowest BCUT2D eigenvalue weighted by Gasteiger charge is -2.07. The second-order valence-electron chi connectivity index (χ2n) is 6.04. The number of nitrogens with one attached hydrogen (secondary N) is 1. The van der Waals surface area contributed by atoms with E-state index in [1.54, 1.807) is 19.1 Å². The molecule has 0 fully saturated rings. The third-order valence-corrected chi connectivity index (χ3v) is 4.62. The predicted octanol–water partition coefficient (Wildman–Crippen LogP) is 2.63. The molecule has 28 heavy (non-hydrogen) atoms. The van der Waals surface area contributed by atoms with E-state index in [4.69, 9.17) is 4.52 Å². The zero-order valence-electron chi connectivity index (χ0n) is 15.4. The molecule has 0 radical (unpaired) electrons. The lowest BCUT2D eigenvalue weighted by atomic mass is 10.2. The molecule has 0 unspecified atom stereocenters. The number of carbonyl (C=O) groups excluding carboxylic acids is 2. The summed E-state index contributed by atoms with van der Waals surface area (Å²) in [6.07, 6.45) is 1.89. The molecular formula is C20H20N4O3S. The maximum Gasteiger partial charge on any atom is 0.257 e. The molecule has 0 aliphatic heterocycles. The molecule has 1 N–H and O–H groups in total. The number of carbonyl (C=O) groups is 2. The minimum absolute atomic E-state index is 0.117. The molecule has 0 aliphatic carbocycles. The van der Waals surface area contributed by atoms with Gasteiger partial charge >= 0.3 is 0 Å². The number of pyridine rings is 1. The second kappa shape index (κ2) is 9.70. The first kappa shape index (κ1) is 19.6. The average molecular weight is 396 g/mol. The van der Waals surface area contributed by atoms with Gasteiger partial charge < -0.3 is 14.4 Å². The maximum atomic E-state index is 12.2. The number of hydrogen-bond donors (Lipinski definition) is 1. The fraction of sp³-hybridized carbons (Fsp3) is 0.200. The molecule has 0 saturated carbocycles. The molecule has 7 nitrogen and oxygen atoms in total. The highest BCUT2D eigenvalue weighted by molar-refractivity contribution is 8.00. The van der Waals surface area contributed by atoms with E-state index < -0.39 is 0 Å². The van der Waals surface area contributed by atoms with Crippen molar-refractivity contribution in [2.45, 2.75) is 13.5 Å². The van der Waals surface area contributed by atoms with E-state index in [1.807, 2.05) is 53.2 Å². The number of nitrogens with zero attached hydrogens (tertiary/aromatic N) is 3. The molecule has 1 aromatic carbocycles. The molecule has 2 heterocycles. The monoisotopic (exact) mass is 396 g/mol. The first-order valence-corrected chi connectivity index (χ1v) is 9.83. The third-order valence-electron chi connectivity index (χ3n) is 3.71. The summed E-state index contributed by atoms with van der Waals surface area (Å²) < 4.78 is 6.80. The van der Waals surface area contributed by atoms with Crippen molar-refractivity contribution in [2.75, 3.05) is 16.8 Å². The fourth-order valence-corrected chi connectivity index (χ4v) is 3.08. The highest BCUT2D eigenvalue weighted by Gasteiger charge is 2.08. The molecule has 0 saturated heterocycles. The number of thioether (sulfide) groups is 1. The second-order valence-corrected chi connectivity index (χ2v) is 7.03. The van der Waals surface area contributed by atoms with Gasteiger partial charge in [0.25, 0.3) is 5.91 Å². The van der Waals surface area contributed by atoms with E-state index in [0.29, 0.717) is 23.6 Å². The van der Waals surface area contributed by atoms with Gasteiger partial charge in [0.05, 0.1) is 11.5 Å². The Morgan fingerprint density at radius 2 is 1.93 bits per heavy atom. The molecular weight excluding hydrogens is 376 g/mol. The van der Waals surface area contributed by atoms with Crippen molar-refractivity contribution in [2.24, 2.45) is 4.99 Å². The summed E-state index contributed by atoms with van der Waals surface area (Å²) in [6.45, 7) is 2.37. The number of hydrogen-bond acceptors (Lipinski definition) is 5. The predicted molar refractivity (Wildman–Crippen MR) is 108 cm³/mol. The largest absolute Gasteiger partial charge is 0.360 e. The van der Waals surface area contributed by atoms with Crippen LogP contribution in [0.15, 0.2) is 70.3 Å². The van der Waals surface area contributed by atoms with Crippen LogP contribution in [0.25, 0.3) is 0 Å². The van der Waals surface area contributed by atoms with Crippen LogP contribution >= 0.6 is 11.8 Å². The van der Waals surface area contributed by atoms with Crippen LogP contribution < -0.4 is 10.8 Å². The van der Waals surface area contributed by atoms with E-state index >= 15 is 0 Å². The van der Waals surface area contributed by atoms with Crippen LogP contribution in [0.1, 0.15) is 11.3 Å². The molecule has 3 aromatic rings. The van der Waals surface area contributed by atoms with Gasteiger partial charge in [-0.05, 0) is 24.6 Å². The normalized spacial score (nSPS) is 11.4. The van der Waals surface area contributed by atoms with Crippen molar-refractivity contribution in [3.8, 4) is 0 Å². The van der Waals surface area contributed by atoms with Gasteiger partial charge in [-0.1, -0.05) is 41.6 Å². The van der Waals surface area contributed by atoms with Crippen molar-refractivity contribution in [1.29, 1.82) is 0 Å². The quantitative estimate of drug-likeness (QED) is 0.663. The van der Waals surface area contributed by atoms with Crippen molar-refractivity contribution < 1.29 is 14.1 Å². The highest BCUT2D eigenvalue weighted by Crippen LogP contribution is 2.08. The van der Waals surface area contributed by atoms with Gasteiger partial charge in [0, 0.05) is 18.8 Å². The van der Waals surface area contributed by atoms with Crippen LogP contribution in [0.4, 0.5) is 5.82 Å². The minimum atomic E-state index is -0.289. The number of amides is 2. The van der Waals surface area contributed by atoms with Crippen molar-refractivity contribution in [3.05, 3.63) is 77.6 Å². The van der Waals surface area contributed by atoms with Gasteiger partial charge in [-0.3, -0.25) is 9.59 Å². The first-order valence-electron chi connectivity index (χ1n) is 8.68. The summed E-state index contributed by atoms with van der Waals surface area (Å²) in [5.41, 5.74) is 1.70. The summed E-state index contributed by atoms with van der Waals surface area (Å²) in [7, 11) is 0. The molecule has 2 aromatic heterocycles. The van der Waals surface area contributed by atoms with E-state index in [1.165, 1.54) is 11.8 Å². The Morgan fingerprint density at radius 1 is 1.14 bits per heavy atom. The Hall–Kier alpha value is -3.13. The summed E-state index contributed by atoms with van der Waals surface area (Å²) in [4.78, 5) is 28.2. The number of benzene rings is 1.